The number of nitrogens with one attached hydrogen (secondary N) is 2. The van der Waals surface area contributed by atoms with E-state index < -0.39 is 5.97 Å². The smallest absolute Gasteiger partial charge is 0.342 e. The van der Waals surface area contributed by atoms with Gasteiger partial charge in [-0.2, -0.15) is 0 Å². The lowest BCUT2D eigenvalue weighted by atomic mass is 10.1. The molecule has 0 aliphatic rings. The molecule has 0 spiro atoms. The van der Waals surface area contributed by atoms with Crippen LogP contribution in [0.1, 0.15) is 29.8 Å². The molecule has 1 amide bonds. The molecule has 1 aromatic carbocycles. The minimum absolute atomic E-state index is 0.242. The van der Waals surface area contributed by atoms with Gasteiger partial charge in [0.2, 0.25) is 5.91 Å². The van der Waals surface area contributed by atoms with Gasteiger partial charge < -0.3 is 15.0 Å². The normalized spacial score (nSPS) is 10.5. The molecule has 5 nitrogen and oxygen atoms in total. The van der Waals surface area contributed by atoms with E-state index in [1.54, 1.807) is 6.92 Å². The molecule has 0 saturated heterocycles. The SMILES string of the molecule is CCOC(=O)c1c(NC(C)=O)[nH]c2ccc(C)cc12. The van der Waals surface area contributed by atoms with Crippen LogP contribution in [0.2, 0.25) is 0 Å². The van der Waals surface area contributed by atoms with E-state index in [-0.39, 0.29) is 12.5 Å². The number of hydrogen-bond donors (Lipinski definition) is 2. The number of carbonyl (C=O) groups is 2. The van der Waals surface area contributed by atoms with E-state index in [9.17, 15) is 9.59 Å². The van der Waals surface area contributed by atoms with Crippen molar-refractivity contribution in [3.63, 3.8) is 0 Å². The van der Waals surface area contributed by atoms with Crippen molar-refractivity contribution in [3.8, 4) is 0 Å². The maximum atomic E-state index is 12.0. The first-order valence-electron chi connectivity index (χ1n) is 6.10. The molecular weight excluding hydrogens is 244 g/mol. The Morgan fingerprint density at radius 3 is 2.74 bits per heavy atom. The Labute approximate surface area is 110 Å². The highest BCUT2D eigenvalue weighted by Gasteiger charge is 2.20. The van der Waals surface area contributed by atoms with E-state index in [4.69, 9.17) is 4.74 Å². The summed E-state index contributed by atoms with van der Waals surface area (Å²) < 4.78 is 5.05. The zero-order valence-corrected chi connectivity index (χ0v) is 11.2. The standard InChI is InChI=1S/C14H16N2O3/c1-4-19-14(18)12-10-7-8(2)5-6-11(10)16-13(12)15-9(3)17/h5-7,16H,4H2,1-3H3,(H,15,17). The van der Waals surface area contributed by atoms with Crippen molar-refractivity contribution >= 4 is 28.6 Å². The number of esters is 1. The maximum Gasteiger partial charge on any atom is 0.342 e. The molecule has 2 rings (SSSR count). The third-order valence-corrected chi connectivity index (χ3v) is 2.73. The Morgan fingerprint density at radius 1 is 1.37 bits per heavy atom. The molecule has 0 bridgehead atoms. The molecule has 0 fully saturated rings. The van der Waals surface area contributed by atoms with Crippen molar-refractivity contribution in [2.24, 2.45) is 0 Å². The minimum Gasteiger partial charge on any atom is -0.462 e. The first-order valence-corrected chi connectivity index (χ1v) is 6.10. The number of rotatable bonds is 3. The monoisotopic (exact) mass is 260 g/mol. The highest BCUT2D eigenvalue weighted by atomic mass is 16.5. The molecule has 5 heteroatoms. The summed E-state index contributed by atoms with van der Waals surface area (Å²) in [4.78, 5) is 26.3. The summed E-state index contributed by atoms with van der Waals surface area (Å²) >= 11 is 0. The van der Waals surface area contributed by atoms with Crippen molar-refractivity contribution in [2.45, 2.75) is 20.8 Å². The lowest BCUT2D eigenvalue weighted by molar-refractivity contribution is -0.114. The van der Waals surface area contributed by atoms with Gasteiger partial charge in [0.1, 0.15) is 11.4 Å². The van der Waals surface area contributed by atoms with Gasteiger partial charge in [0, 0.05) is 17.8 Å². The van der Waals surface area contributed by atoms with Crippen molar-refractivity contribution in [1.82, 2.24) is 4.98 Å². The Kier molecular flexibility index (Phi) is 3.55. The summed E-state index contributed by atoms with van der Waals surface area (Å²) in [6.45, 7) is 5.37. The summed E-state index contributed by atoms with van der Waals surface area (Å²) in [6.07, 6.45) is 0. The fourth-order valence-corrected chi connectivity index (χ4v) is 1.99. The van der Waals surface area contributed by atoms with E-state index in [0.717, 1.165) is 16.5 Å². The second-order valence-corrected chi connectivity index (χ2v) is 4.33. The molecular formula is C14H16N2O3. The molecule has 1 heterocycles. The summed E-state index contributed by atoms with van der Waals surface area (Å²) in [5.74, 6) is -0.302. The second kappa shape index (κ2) is 5.14. The van der Waals surface area contributed by atoms with Crippen molar-refractivity contribution < 1.29 is 14.3 Å². The van der Waals surface area contributed by atoms with E-state index in [0.29, 0.717) is 11.4 Å². The molecule has 2 aromatic rings. The maximum absolute atomic E-state index is 12.0. The molecule has 2 N–H and O–H groups in total. The number of hydrogen-bond acceptors (Lipinski definition) is 3. The van der Waals surface area contributed by atoms with Crippen LogP contribution in [0.5, 0.6) is 0 Å². The predicted octanol–water partition coefficient (Wildman–Crippen LogP) is 2.61. The number of amides is 1. The fraction of sp³-hybridized carbons (Fsp3) is 0.286. The van der Waals surface area contributed by atoms with Crippen molar-refractivity contribution in [2.75, 3.05) is 11.9 Å². The summed E-state index contributed by atoms with van der Waals surface area (Å²) in [5, 5.41) is 3.38. The zero-order valence-electron chi connectivity index (χ0n) is 11.2. The summed E-state index contributed by atoms with van der Waals surface area (Å²) in [6, 6.07) is 5.70. The van der Waals surface area contributed by atoms with Gasteiger partial charge in [-0.1, -0.05) is 11.6 Å². The number of benzene rings is 1. The van der Waals surface area contributed by atoms with Crippen LogP contribution in [0, 0.1) is 6.92 Å². The van der Waals surface area contributed by atoms with Gasteiger partial charge in [-0.25, -0.2) is 4.79 Å². The van der Waals surface area contributed by atoms with Gasteiger partial charge in [-0.3, -0.25) is 4.79 Å². The zero-order chi connectivity index (χ0) is 14.0. The van der Waals surface area contributed by atoms with Gasteiger partial charge in [0.05, 0.1) is 6.61 Å². The van der Waals surface area contributed by atoms with Crippen LogP contribution in [0.15, 0.2) is 18.2 Å². The number of anilines is 1. The molecule has 0 unspecified atom stereocenters. The number of aryl methyl sites for hydroxylation is 1. The van der Waals surface area contributed by atoms with E-state index in [1.165, 1.54) is 6.92 Å². The molecule has 0 saturated carbocycles. The van der Waals surface area contributed by atoms with Crippen LogP contribution in [0.4, 0.5) is 5.82 Å². The summed E-state index contributed by atoms with van der Waals surface area (Å²) in [7, 11) is 0. The average Bonchev–Trinajstić information content (AvgIpc) is 2.65. The molecule has 1 aromatic heterocycles. The molecule has 100 valence electrons. The van der Waals surface area contributed by atoms with Crippen LogP contribution in [-0.4, -0.2) is 23.5 Å². The lowest BCUT2D eigenvalue weighted by Gasteiger charge is -2.04. The Balaban J connectivity index is 2.62. The highest BCUT2D eigenvalue weighted by Crippen LogP contribution is 2.28. The number of carbonyl (C=O) groups excluding carboxylic acids is 2. The largest absolute Gasteiger partial charge is 0.462 e. The van der Waals surface area contributed by atoms with Gasteiger partial charge in [0.25, 0.3) is 0 Å². The van der Waals surface area contributed by atoms with Gasteiger partial charge >= 0.3 is 5.97 Å². The van der Waals surface area contributed by atoms with Gasteiger partial charge in [-0.15, -0.1) is 0 Å². The van der Waals surface area contributed by atoms with E-state index in [1.807, 2.05) is 25.1 Å². The Bertz CT molecular complexity index is 643. The number of H-pyrrole nitrogens is 1. The van der Waals surface area contributed by atoms with Crippen LogP contribution < -0.4 is 5.32 Å². The Hall–Kier alpha value is -2.30. The summed E-state index contributed by atoms with van der Waals surface area (Å²) in [5.41, 5.74) is 2.19. The minimum atomic E-state index is -0.442. The molecule has 0 aliphatic heterocycles. The number of aromatic nitrogens is 1. The number of ether oxygens (including phenoxy) is 1. The number of aromatic amines is 1. The molecule has 19 heavy (non-hydrogen) atoms. The van der Waals surface area contributed by atoms with Crippen LogP contribution >= 0.6 is 0 Å². The lowest BCUT2D eigenvalue weighted by Crippen LogP contribution is -2.12. The predicted molar refractivity (Wildman–Crippen MR) is 73.3 cm³/mol. The average molecular weight is 260 g/mol. The third kappa shape index (κ3) is 2.59. The van der Waals surface area contributed by atoms with E-state index >= 15 is 0 Å². The first-order chi connectivity index (χ1) is 9.02. The second-order valence-electron chi connectivity index (χ2n) is 4.33. The number of fused-ring (bicyclic) bond motifs is 1. The molecule has 0 atom stereocenters. The Morgan fingerprint density at radius 2 is 2.11 bits per heavy atom. The van der Waals surface area contributed by atoms with E-state index in [2.05, 4.69) is 10.3 Å². The quantitative estimate of drug-likeness (QED) is 0.833. The van der Waals surface area contributed by atoms with Crippen LogP contribution in [-0.2, 0) is 9.53 Å². The highest BCUT2D eigenvalue weighted by molar-refractivity contribution is 6.11. The first kappa shape index (κ1) is 13.1. The topological polar surface area (TPSA) is 71.2 Å². The van der Waals surface area contributed by atoms with Gasteiger partial charge in [-0.05, 0) is 26.0 Å². The fourth-order valence-electron chi connectivity index (χ4n) is 1.99. The van der Waals surface area contributed by atoms with Crippen molar-refractivity contribution in [1.29, 1.82) is 0 Å². The van der Waals surface area contributed by atoms with Crippen molar-refractivity contribution in [3.05, 3.63) is 29.3 Å². The molecule has 0 aliphatic carbocycles. The van der Waals surface area contributed by atoms with Crippen LogP contribution in [0.3, 0.4) is 0 Å². The third-order valence-electron chi connectivity index (χ3n) is 2.73. The van der Waals surface area contributed by atoms with Gasteiger partial charge in [0.15, 0.2) is 0 Å². The molecule has 0 radical (unpaired) electrons. The van der Waals surface area contributed by atoms with Crippen LogP contribution in [0.25, 0.3) is 10.9 Å².